The lowest BCUT2D eigenvalue weighted by Gasteiger charge is -2.25. The first-order valence-electron chi connectivity index (χ1n) is 7.41. The first kappa shape index (κ1) is 21.0. The smallest absolute Gasteiger partial charge is 0.408 e. The van der Waals surface area contributed by atoms with Crippen molar-refractivity contribution in [3.63, 3.8) is 0 Å². The predicted octanol–water partition coefficient (Wildman–Crippen LogP) is 2.27. The monoisotopic (exact) mass is 332 g/mol. The molecule has 0 aromatic rings. The Morgan fingerprint density at radius 3 is 1.65 bits per heavy atom. The van der Waals surface area contributed by atoms with Crippen LogP contribution < -0.4 is 10.6 Å². The Bertz CT molecular complexity index is 436. The average molecular weight is 332 g/mol. The van der Waals surface area contributed by atoms with Gasteiger partial charge in [0.2, 0.25) is 0 Å². The highest BCUT2D eigenvalue weighted by Crippen LogP contribution is 2.09. The first-order chi connectivity index (χ1) is 10.2. The number of alkyl carbamates (subject to hydrolysis) is 2. The molecule has 134 valence electrons. The van der Waals surface area contributed by atoms with E-state index in [-0.39, 0.29) is 6.42 Å². The van der Waals surface area contributed by atoms with Crippen molar-refractivity contribution in [2.24, 2.45) is 0 Å². The van der Waals surface area contributed by atoms with E-state index < -0.39 is 41.4 Å². The lowest BCUT2D eigenvalue weighted by molar-refractivity contribution is -0.139. The van der Waals surface area contributed by atoms with Crippen LogP contribution in [0.15, 0.2) is 0 Å². The van der Waals surface area contributed by atoms with Gasteiger partial charge >= 0.3 is 18.2 Å². The Morgan fingerprint density at radius 1 is 0.913 bits per heavy atom. The van der Waals surface area contributed by atoms with E-state index in [1.54, 1.807) is 48.5 Å². The van der Waals surface area contributed by atoms with E-state index in [4.69, 9.17) is 9.47 Å². The summed E-state index contributed by atoms with van der Waals surface area (Å²) in [7, 11) is 0. The highest BCUT2D eigenvalue weighted by Gasteiger charge is 2.27. The van der Waals surface area contributed by atoms with Crippen LogP contribution in [0.25, 0.3) is 0 Å². The number of amides is 2. The zero-order valence-corrected chi connectivity index (χ0v) is 14.9. The summed E-state index contributed by atoms with van der Waals surface area (Å²) in [4.78, 5) is 34.5. The van der Waals surface area contributed by atoms with Gasteiger partial charge in [-0.25, -0.2) is 14.4 Å². The molecule has 1 unspecified atom stereocenters. The molecule has 0 saturated heterocycles. The quantitative estimate of drug-likeness (QED) is 0.711. The number of aliphatic carboxylic acids is 1. The minimum Gasteiger partial charge on any atom is -0.480 e. The molecule has 0 heterocycles. The molecule has 8 heteroatoms. The van der Waals surface area contributed by atoms with Crippen molar-refractivity contribution in [1.29, 1.82) is 0 Å². The molecule has 0 aliphatic rings. The largest absolute Gasteiger partial charge is 0.480 e. The lowest BCUT2D eigenvalue weighted by Crippen LogP contribution is -2.47. The molecule has 0 spiro atoms. The number of carbonyl (C=O) groups is 3. The van der Waals surface area contributed by atoms with Crippen molar-refractivity contribution in [3.8, 4) is 0 Å². The molecule has 0 saturated carbocycles. The summed E-state index contributed by atoms with van der Waals surface area (Å²) >= 11 is 0. The fourth-order valence-corrected chi connectivity index (χ4v) is 1.59. The van der Waals surface area contributed by atoms with Crippen molar-refractivity contribution in [2.75, 3.05) is 0 Å². The summed E-state index contributed by atoms with van der Waals surface area (Å²) in [5.74, 6) is -1.21. The molecule has 0 aromatic heterocycles. The third kappa shape index (κ3) is 11.3. The second-order valence-corrected chi connectivity index (χ2v) is 7.32. The van der Waals surface area contributed by atoms with Gasteiger partial charge in [0, 0.05) is 6.04 Å². The molecule has 0 rings (SSSR count). The van der Waals surface area contributed by atoms with Gasteiger partial charge in [-0.2, -0.15) is 0 Å². The SMILES string of the molecule is CC(C[C@H](NC(=O)OC(C)(C)C)C(=O)O)NC(=O)OC(C)(C)C. The lowest BCUT2D eigenvalue weighted by atomic mass is 10.1. The van der Waals surface area contributed by atoms with Crippen LogP contribution in [0.3, 0.4) is 0 Å². The molecular formula is C15H28N2O6. The van der Waals surface area contributed by atoms with Gasteiger partial charge in [0.1, 0.15) is 17.2 Å². The molecule has 0 bridgehead atoms. The van der Waals surface area contributed by atoms with Gasteiger partial charge in [0.15, 0.2) is 0 Å². The third-order valence-electron chi connectivity index (χ3n) is 2.34. The van der Waals surface area contributed by atoms with E-state index in [9.17, 15) is 19.5 Å². The summed E-state index contributed by atoms with van der Waals surface area (Å²) in [5, 5.41) is 14.0. The van der Waals surface area contributed by atoms with E-state index in [1.165, 1.54) is 0 Å². The Hall–Kier alpha value is -1.99. The van der Waals surface area contributed by atoms with Crippen LogP contribution in [0.4, 0.5) is 9.59 Å². The maximum atomic E-state index is 11.7. The average Bonchev–Trinajstić information content (AvgIpc) is 2.21. The zero-order valence-electron chi connectivity index (χ0n) is 14.9. The number of nitrogens with one attached hydrogen (secondary N) is 2. The second-order valence-electron chi connectivity index (χ2n) is 7.32. The highest BCUT2D eigenvalue weighted by molar-refractivity contribution is 5.80. The number of carbonyl (C=O) groups excluding carboxylic acids is 2. The van der Waals surface area contributed by atoms with Crippen LogP contribution >= 0.6 is 0 Å². The molecule has 8 nitrogen and oxygen atoms in total. The number of hydrogen-bond donors (Lipinski definition) is 3. The van der Waals surface area contributed by atoms with Crippen molar-refractivity contribution in [2.45, 2.75) is 78.2 Å². The predicted molar refractivity (Wildman–Crippen MR) is 84.2 cm³/mol. The molecule has 2 atom stereocenters. The van der Waals surface area contributed by atoms with Gasteiger partial charge in [-0.3, -0.25) is 0 Å². The van der Waals surface area contributed by atoms with E-state index in [0.29, 0.717) is 0 Å². The Morgan fingerprint density at radius 2 is 1.30 bits per heavy atom. The highest BCUT2D eigenvalue weighted by atomic mass is 16.6. The van der Waals surface area contributed by atoms with Crippen molar-refractivity contribution < 1.29 is 29.0 Å². The topological polar surface area (TPSA) is 114 Å². The molecule has 0 aliphatic heterocycles. The molecule has 0 fully saturated rings. The number of carboxylic acids is 1. The molecule has 3 N–H and O–H groups in total. The van der Waals surface area contributed by atoms with Crippen LogP contribution in [-0.4, -0.2) is 46.5 Å². The summed E-state index contributed by atoms with van der Waals surface area (Å²) in [6.07, 6.45) is -1.48. The van der Waals surface area contributed by atoms with Crippen molar-refractivity contribution in [1.82, 2.24) is 10.6 Å². The molecular weight excluding hydrogens is 304 g/mol. The van der Waals surface area contributed by atoms with Gasteiger partial charge in [0.25, 0.3) is 0 Å². The summed E-state index contributed by atoms with van der Waals surface area (Å²) in [6, 6.07) is -1.70. The second kappa shape index (κ2) is 8.03. The van der Waals surface area contributed by atoms with Gasteiger partial charge in [-0.15, -0.1) is 0 Å². The Balaban J connectivity index is 4.56. The van der Waals surface area contributed by atoms with Gasteiger partial charge in [-0.05, 0) is 54.9 Å². The summed E-state index contributed by atoms with van der Waals surface area (Å²) < 4.78 is 10.1. The zero-order chi connectivity index (χ0) is 18.4. The van der Waals surface area contributed by atoms with Gasteiger partial charge in [-0.1, -0.05) is 0 Å². The number of rotatable bonds is 5. The fraction of sp³-hybridized carbons (Fsp3) is 0.800. The van der Waals surface area contributed by atoms with E-state index in [1.807, 2.05) is 0 Å². The maximum absolute atomic E-state index is 11.7. The van der Waals surface area contributed by atoms with E-state index >= 15 is 0 Å². The number of hydrogen-bond acceptors (Lipinski definition) is 5. The van der Waals surface area contributed by atoms with E-state index in [0.717, 1.165) is 0 Å². The van der Waals surface area contributed by atoms with Crippen LogP contribution in [0.5, 0.6) is 0 Å². The van der Waals surface area contributed by atoms with Crippen LogP contribution in [0, 0.1) is 0 Å². The molecule has 2 amide bonds. The van der Waals surface area contributed by atoms with Crippen LogP contribution in [-0.2, 0) is 14.3 Å². The maximum Gasteiger partial charge on any atom is 0.408 e. The normalized spacial score (nSPS) is 14.4. The summed E-state index contributed by atoms with van der Waals surface area (Å²) in [5.41, 5.74) is -1.38. The van der Waals surface area contributed by atoms with Crippen LogP contribution in [0.2, 0.25) is 0 Å². The Labute approximate surface area is 136 Å². The van der Waals surface area contributed by atoms with E-state index in [2.05, 4.69) is 10.6 Å². The number of ether oxygens (including phenoxy) is 2. The van der Waals surface area contributed by atoms with Gasteiger partial charge < -0.3 is 25.2 Å². The molecule has 23 heavy (non-hydrogen) atoms. The van der Waals surface area contributed by atoms with Crippen molar-refractivity contribution >= 4 is 18.2 Å². The molecule has 0 radical (unpaired) electrons. The fourth-order valence-electron chi connectivity index (χ4n) is 1.59. The van der Waals surface area contributed by atoms with Crippen molar-refractivity contribution in [3.05, 3.63) is 0 Å². The Kier molecular flexibility index (Phi) is 7.33. The minimum absolute atomic E-state index is 0.00613. The van der Waals surface area contributed by atoms with Crippen LogP contribution in [0.1, 0.15) is 54.9 Å². The minimum atomic E-state index is -1.21. The number of carboxylic acid groups (broad SMARTS) is 1. The molecule has 0 aromatic carbocycles. The summed E-state index contributed by atoms with van der Waals surface area (Å²) in [6.45, 7) is 11.8. The first-order valence-corrected chi connectivity index (χ1v) is 7.41. The molecule has 0 aliphatic carbocycles. The third-order valence-corrected chi connectivity index (χ3v) is 2.34. The van der Waals surface area contributed by atoms with Gasteiger partial charge in [0.05, 0.1) is 0 Å². The standard InChI is InChI=1S/C15H28N2O6/c1-9(16-12(20)22-14(2,3)4)8-10(11(18)19)17-13(21)23-15(5,6)7/h9-10H,8H2,1-7H3,(H,16,20)(H,17,21)(H,18,19)/t9?,10-/m0/s1.